The highest BCUT2D eigenvalue weighted by atomic mass is 79.9. The largest absolute Gasteiger partial charge is 0.414 e. The molecule has 10 heteroatoms. The maximum Gasteiger partial charge on any atom is 0.414 e. The van der Waals surface area contributed by atoms with E-state index in [2.05, 4.69) is 51.5 Å². The molecule has 2 rings (SSSR count). The van der Waals surface area contributed by atoms with Crippen molar-refractivity contribution in [3.63, 3.8) is 0 Å². The van der Waals surface area contributed by atoms with E-state index >= 15 is 0 Å². The van der Waals surface area contributed by atoms with Crippen LogP contribution >= 0.6 is 31.9 Å². The number of aliphatic hydroxyl groups excluding tert-OH is 1. The number of rotatable bonds is 3. The molecule has 0 fully saturated rings. The summed E-state index contributed by atoms with van der Waals surface area (Å²) < 4.78 is 42.6. The van der Waals surface area contributed by atoms with Crippen molar-refractivity contribution in [2.24, 2.45) is 0 Å². The van der Waals surface area contributed by atoms with E-state index in [1.54, 1.807) is 6.07 Å². The van der Waals surface area contributed by atoms with E-state index in [4.69, 9.17) is 5.11 Å². The highest BCUT2D eigenvalue weighted by Crippen LogP contribution is 2.27. The third kappa shape index (κ3) is 3.55. The van der Waals surface area contributed by atoms with Crippen LogP contribution in [-0.2, 0) is 6.42 Å². The van der Waals surface area contributed by atoms with Gasteiger partial charge in [-0.3, -0.25) is 4.98 Å². The summed E-state index contributed by atoms with van der Waals surface area (Å²) in [6.45, 7) is 0. The first-order valence-electron chi connectivity index (χ1n) is 5.16. The predicted molar refractivity (Wildman–Crippen MR) is 68.7 cm³/mol. The molecule has 1 unspecified atom stereocenters. The molecule has 0 aliphatic rings. The minimum absolute atomic E-state index is 0.0359. The van der Waals surface area contributed by atoms with Crippen molar-refractivity contribution in [2.75, 3.05) is 0 Å². The van der Waals surface area contributed by atoms with Crippen molar-refractivity contribution >= 4 is 31.9 Å². The highest BCUT2D eigenvalue weighted by molar-refractivity contribution is 9.11. The maximum absolute atomic E-state index is 12.2. The van der Waals surface area contributed by atoms with Crippen LogP contribution in [0.25, 0.3) is 11.5 Å². The lowest BCUT2D eigenvalue weighted by Crippen LogP contribution is -2.30. The zero-order chi connectivity index (χ0) is 14.9. The quantitative estimate of drug-likeness (QED) is 0.832. The van der Waals surface area contributed by atoms with Gasteiger partial charge < -0.3 is 9.63 Å². The van der Waals surface area contributed by atoms with Gasteiger partial charge in [-0.2, -0.15) is 18.2 Å². The molecular formula is C10H6Br2F3N3O2. The van der Waals surface area contributed by atoms with E-state index in [0.29, 0.717) is 14.6 Å². The fraction of sp³-hybridized carbons (Fsp3) is 0.300. The van der Waals surface area contributed by atoms with Crippen molar-refractivity contribution in [2.45, 2.75) is 18.7 Å². The Balaban J connectivity index is 2.21. The molecule has 20 heavy (non-hydrogen) atoms. The number of alkyl halides is 3. The second-order valence-electron chi connectivity index (χ2n) is 3.76. The summed E-state index contributed by atoms with van der Waals surface area (Å²) in [4.78, 5) is 7.80. The Morgan fingerprint density at radius 2 is 2.05 bits per heavy atom. The van der Waals surface area contributed by atoms with Crippen LogP contribution in [0.15, 0.2) is 25.7 Å². The third-order valence-corrected chi connectivity index (χ3v) is 3.27. The first-order valence-corrected chi connectivity index (χ1v) is 6.74. The van der Waals surface area contributed by atoms with Gasteiger partial charge in [-0.1, -0.05) is 5.16 Å². The average Bonchev–Trinajstić information content (AvgIpc) is 2.76. The lowest BCUT2D eigenvalue weighted by atomic mass is 10.2. The molecule has 0 saturated heterocycles. The normalized spacial score (nSPS) is 13.5. The Hall–Kier alpha value is -1.00. The van der Waals surface area contributed by atoms with Gasteiger partial charge in [0.25, 0.3) is 0 Å². The molecule has 2 aromatic rings. The fourth-order valence-electron chi connectivity index (χ4n) is 1.29. The molecule has 0 bridgehead atoms. The molecule has 2 heterocycles. The van der Waals surface area contributed by atoms with Gasteiger partial charge in [0.05, 0.1) is 6.42 Å². The van der Waals surface area contributed by atoms with Crippen LogP contribution in [0.3, 0.4) is 0 Å². The lowest BCUT2D eigenvalue weighted by molar-refractivity contribution is -0.204. The van der Waals surface area contributed by atoms with Crippen LogP contribution in [0, 0.1) is 0 Å². The third-order valence-electron chi connectivity index (χ3n) is 2.23. The summed E-state index contributed by atoms with van der Waals surface area (Å²) in [6, 6.07) is 1.68. The summed E-state index contributed by atoms with van der Waals surface area (Å²) in [5.74, 6) is -0.282. The van der Waals surface area contributed by atoms with Crippen LogP contribution < -0.4 is 0 Å². The number of halogens is 5. The van der Waals surface area contributed by atoms with E-state index in [1.165, 1.54) is 6.20 Å². The number of aliphatic hydroxyl groups is 1. The number of hydrogen-bond donors (Lipinski definition) is 1. The zero-order valence-corrected chi connectivity index (χ0v) is 12.7. The SMILES string of the molecule is OC(Cc1nc(-c2ncc(Br)cc2Br)no1)C(F)(F)F. The summed E-state index contributed by atoms with van der Waals surface area (Å²) in [5.41, 5.74) is 0.324. The van der Waals surface area contributed by atoms with E-state index in [-0.39, 0.29) is 11.7 Å². The molecule has 1 N–H and O–H groups in total. The molecule has 0 aliphatic carbocycles. The molecule has 0 aliphatic heterocycles. The van der Waals surface area contributed by atoms with Gasteiger partial charge in [-0.25, -0.2) is 0 Å². The molecular weight excluding hydrogens is 411 g/mol. The van der Waals surface area contributed by atoms with Crippen molar-refractivity contribution in [1.29, 1.82) is 0 Å². The lowest BCUT2D eigenvalue weighted by Gasteiger charge is -2.11. The van der Waals surface area contributed by atoms with Crippen LogP contribution in [-0.4, -0.2) is 32.5 Å². The van der Waals surface area contributed by atoms with Gasteiger partial charge in [0.2, 0.25) is 11.7 Å². The van der Waals surface area contributed by atoms with E-state index < -0.39 is 18.7 Å². The minimum Gasteiger partial charge on any atom is -0.383 e. The van der Waals surface area contributed by atoms with Gasteiger partial charge in [-0.05, 0) is 37.9 Å². The van der Waals surface area contributed by atoms with Gasteiger partial charge >= 0.3 is 6.18 Å². The molecule has 108 valence electrons. The topological polar surface area (TPSA) is 72.0 Å². The van der Waals surface area contributed by atoms with Crippen LogP contribution in [0.4, 0.5) is 13.2 Å². The first-order chi connectivity index (χ1) is 9.27. The van der Waals surface area contributed by atoms with Gasteiger partial charge in [0.15, 0.2) is 6.10 Å². The number of aromatic nitrogens is 3. The Labute approximate surface area is 127 Å². The molecule has 0 saturated carbocycles. The summed E-state index contributed by atoms with van der Waals surface area (Å²) in [5, 5.41) is 12.5. The Kier molecular flexibility index (Phi) is 4.45. The van der Waals surface area contributed by atoms with E-state index in [1.807, 2.05) is 0 Å². The van der Waals surface area contributed by atoms with Gasteiger partial charge in [0.1, 0.15) is 5.69 Å². The Morgan fingerprint density at radius 3 is 2.65 bits per heavy atom. The molecule has 0 amide bonds. The van der Waals surface area contributed by atoms with E-state index in [0.717, 1.165) is 0 Å². The molecule has 0 aromatic carbocycles. The summed E-state index contributed by atoms with van der Waals surface area (Å²) in [6.07, 6.45) is -6.59. The predicted octanol–water partition coefficient (Wildman–Crippen LogP) is 3.12. The van der Waals surface area contributed by atoms with Crippen molar-refractivity contribution in [3.05, 3.63) is 27.1 Å². The second kappa shape index (κ2) is 5.78. The second-order valence-corrected chi connectivity index (χ2v) is 5.53. The monoisotopic (exact) mass is 415 g/mol. The van der Waals surface area contributed by atoms with E-state index in [9.17, 15) is 13.2 Å². The summed E-state index contributed by atoms with van der Waals surface area (Å²) in [7, 11) is 0. The van der Waals surface area contributed by atoms with Gasteiger partial charge in [0, 0.05) is 15.1 Å². The van der Waals surface area contributed by atoms with Crippen molar-refractivity contribution in [1.82, 2.24) is 15.1 Å². The van der Waals surface area contributed by atoms with Crippen LogP contribution in [0.5, 0.6) is 0 Å². The smallest absolute Gasteiger partial charge is 0.383 e. The maximum atomic E-state index is 12.2. The Bertz CT molecular complexity index is 618. The van der Waals surface area contributed by atoms with Crippen molar-refractivity contribution in [3.8, 4) is 11.5 Å². The number of pyridine rings is 1. The molecule has 5 nitrogen and oxygen atoms in total. The molecule has 2 aromatic heterocycles. The zero-order valence-electron chi connectivity index (χ0n) is 9.53. The highest BCUT2D eigenvalue weighted by Gasteiger charge is 2.39. The molecule has 0 radical (unpaired) electrons. The standard InChI is InChI=1S/C10H6Br2F3N3O2/c11-4-1-5(12)8(16-3-4)9-17-7(20-18-9)2-6(19)10(13,14)15/h1,3,6,19H,2H2. The molecule has 0 spiro atoms. The summed E-state index contributed by atoms with van der Waals surface area (Å²) >= 11 is 6.45. The fourth-order valence-corrected chi connectivity index (χ4v) is 2.46. The minimum atomic E-state index is -4.73. The van der Waals surface area contributed by atoms with Crippen molar-refractivity contribution < 1.29 is 22.8 Å². The van der Waals surface area contributed by atoms with Crippen LogP contribution in [0.2, 0.25) is 0 Å². The average molecular weight is 417 g/mol. The number of nitrogens with zero attached hydrogens (tertiary/aromatic N) is 3. The van der Waals surface area contributed by atoms with Crippen LogP contribution in [0.1, 0.15) is 5.89 Å². The Morgan fingerprint density at radius 1 is 1.35 bits per heavy atom. The number of hydrogen-bond acceptors (Lipinski definition) is 5. The first kappa shape index (κ1) is 15.4. The molecule has 1 atom stereocenters. The van der Waals surface area contributed by atoms with Gasteiger partial charge in [-0.15, -0.1) is 0 Å².